The lowest BCUT2D eigenvalue weighted by Gasteiger charge is -2.34. The van der Waals surface area contributed by atoms with Crippen molar-refractivity contribution in [3.05, 3.63) is 29.8 Å². The average Bonchev–Trinajstić information content (AvgIpc) is 2.46. The predicted molar refractivity (Wildman–Crippen MR) is 82.0 cm³/mol. The molecule has 1 aliphatic heterocycles. The first-order valence-corrected chi connectivity index (χ1v) is 6.89. The Bertz CT molecular complexity index is 434. The third kappa shape index (κ3) is 3.96. The Morgan fingerprint density at radius 3 is 2.68 bits per heavy atom. The lowest BCUT2D eigenvalue weighted by Crippen LogP contribution is -2.44. The number of nitrogens with zero attached hydrogens (tertiary/aromatic N) is 3. The molecule has 0 atom stereocenters. The van der Waals surface area contributed by atoms with Gasteiger partial charge in [0.1, 0.15) is 0 Å². The van der Waals surface area contributed by atoms with E-state index in [1.807, 2.05) is 14.0 Å². The van der Waals surface area contributed by atoms with E-state index in [9.17, 15) is 0 Å². The molecule has 0 saturated carbocycles. The molecular formula is C15H24N4. The highest BCUT2D eigenvalue weighted by molar-refractivity contribution is 5.79. The molecule has 0 amide bonds. The number of likely N-dealkylation sites (N-methyl/N-ethyl adjacent to an activating group) is 1. The minimum Gasteiger partial charge on any atom is -0.370 e. The Morgan fingerprint density at radius 1 is 1.26 bits per heavy atom. The molecule has 2 rings (SSSR count). The quantitative estimate of drug-likeness (QED) is 0.661. The van der Waals surface area contributed by atoms with E-state index in [0.717, 1.165) is 38.6 Å². The van der Waals surface area contributed by atoms with Gasteiger partial charge in [-0.05, 0) is 31.7 Å². The van der Waals surface area contributed by atoms with Crippen LogP contribution in [0.4, 0.5) is 5.69 Å². The van der Waals surface area contributed by atoms with Crippen molar-refractivity contribution in [1.29, 1.82) is 0 Å². The summed E-state index contributed by atoms with van der Waals surface area (Å²) in [5, 5.41) is 3.31. The standard InChI is InChI=1S/C15H24N4/c1-13(16-2)17-12-14-5-4-6-15(11-14)19-9-7-18(3)8-10-19/h4-6,11H,7-10,12H2,1-3H3,(H,16,17). The second kappa shape index (κ2) is 6.57. The van der Waals surface area contributed by atoms with Crippen molar-refractivity contribution in [2.24, 2.45) is 4.99 Å². The molecular weight excluding hydrogens is 236 g/mol. The molecule has 1 aromatic carbocycles. The maximum Gasteiger partial charge on any atom is 0.0930 e. The van der Waals surface area contributed by atoms with Crippen LogP contribution in [0.3, 0.4) is 0 Å². The molecule has 0 aliphatic carbocycles. The minimum atomic E-state index is 0.838. The molecule has 1 aliphatic rings. The molecule has 0 bridgehead atoms. The number of anilines is 1. The van der Waals surface area contributed by atoms with Crippen LogP contribution in [-0.2, 0) is 6.54 Å². The van der Waals surface area contributed by atoms with Gasteiger partial charge in [-0.15, -0.1) is 0 Å². The maximum atomic E-state index is 4.11. The summed E-state index contributed by atoms with van der Waals surface area (Å²) in [4.78, 5) is 8.95. The zero-order chi connectivity index (χ0) is 13.7. The van der Waals surface area contributed by atoms with Crippen molar-refractivity contribution in [3.63, 3.8) is 0 Å². The van der Waals surface area contributed by atoms with Gasteiger partial charge in [0.05, 0.1) is 5.84 Å². The first kappa shape index (κ1) is 13.9. The lowest BCUT2D eigenvalue weighted by atomic mass is 10.1. The van der Waals surface area contributed by atoms with E-state index in [0.29, 0.717) is 0 Å². The zero-order valence-corrected chi connectivity index (χ0v) is 12.2. The van der Waals surface area contributed by atoms with Crippen LogP contribution in [-0.4, -0.2) is 51.0 Å². The smallest absolute Gasteiger partial charge is 0.0930 e. The van der Waals surface area contributed by atoms with E-state index in [1.165, 1.54) is 11.3 Å². The predicted octanol–water partition coefficient (Wildman–Crippen LogP) is 1.58. The first-order valence-electron chi connectivity index (χ1n) is 6.89. The average molecular weight is 260 g/mol. The van der Waals surface area contributed by atoms with Gasteiger partial charge in [-0.3, -0.25) is 4.99 Å². The van der Waals surface area contributed by atoms with Crippen LogP contribution in [0.5, 0.6) is 0 Å². The molecule has 104 valence electrons. The van der Waals surface area contributed by atoms with Gasteiger partial charge in [-0.25, -0.2) is 0 Å². The van der Waals surface area contributed by atoms with Gasteiger partial charge in [-0.1, -0.05) is 12.1 Å². The molecule has 0 spiro atoms. The summed E-state index contributed by atoms with van der Waals surface area (Å²) in [7, 11) is 3.99. The van der Waals surface area contributed by atoms with Crippen LogP contribution < -0.4 is 10.2 Å². The van der Waals surface area contributed by atoms with Gasteiger partial charge in [-0.2, -0.15) is 0 Å². The van der Waals surface area contributed by atoms with Crippen LogP contribution >= 0.6 is 0 Å². The monoisotopic (exact) mass is 260 g/mol. The van der Waals surface area contributed by atoms with Gasteiger partial charge >= 0.3 is 0 Å². The molecule has 1 aromatic rings. The van der Waals surface area contributed by atoms with Gasteiger partial charge in [0.25, 0.3) is 0 Å². The first-order chi connectivity index (χ1) is 9.19. The highest BCUT2D eigenvalue weighted by Gasteiger charge is 2.14. The Balaban J connectivity index is 1.98. The van der Waals surface area contributed by atoms with Crippen LogP contribution in [0, 0.1) is 0 Å². The molecule has 1 heterocycles. The Morgan fingerprint density at radius 2 is 2.00 bits per heavy atom. The summed E-state index contributed by atoms with van der Waals surface area (Å²) in [6.07, 6.45) is 0. The zero-order valence-electron chi connectivity index (χ0n) is 12.2. The van der Waals surface area contributed by atoms with Crippen LogP contribution in [0.15, 0.2) is 29.3 Å². The van der Waals surface area contributed by atoms with Crippen LogP contribution in [0.25, 0.3) is 0 Å². The summed E-state index contributed by atoms with van der Waals surface area (Å²) in [5.74, 6) is 0.977. The summed E-state index contributed by atoms with van der Waals surface area (Å²) in [6, 6.07) is 8.79. The fourth-order valence-corrected chi connectivity index (χ4v) is 2.24. The van der Waals surface area contributed by atoms with Crippen molar-refractivity contribution >= 4 is 11.5 Å². The van der Waals surface area contributed by atoms with Gasteiger partial charge in [0, 0.05) is 45.5 Å². The van der Waals surface area contributed by atoms with E-state index < -0.39 is 0 Å². The number of hydrogen-bond acceptors (Lipinski definition) is 3. The highest BCUT2D eigenvalue weighted by atomic mass is 15.2. The van der Waals surface area contributed by atoms with Gasteiger partial charge in [0.15, 0.2) is 0 Å². The van der Waals surface area contributed by atoms with E-state index >= 15 is 0 Å². The summed E-state index contributed by atoms with van der Waals surface area (Å²) in [5.41, 5.74) is 2.64. The molecule has 4 heteroatoms. The largest absolute Gasteiger partial charge is 0.370 e. The molecule has 0 unspecified atom stereocenters. The van der Waals surface area contributed by atoms with E-state index in [1.54, 1.807) is 0 Å². The Labute approximate surface area is 116 Å². The Hall–Kier alpha value is -1.55. The van der Waals surface area contributed by atoms with Gasteiger partial charge in [0.2, 0.25) is 0 Å². The summed E-state index contributed by atoms with van der Waals surface area (Å²) >= 11 is 0. The second-order valence-corrected chi connectivity index (χ2v) is 5.12. The van der Waals surface area contributed by atoms with E-state index in [-0.39, 0.29) is 0 Å². The van der Waals surface area contributed by atoms with Crippen molar-refractivity contribution in [1.82, 2.24) is 10.2 Å². The second-order valence-electron chi connectivity index (χ2n) is 5.12. The molecule has 0 radical (unpaired) electrons. The molecule has 1 N–H and O–H groups in total. The third-order valence-electron chi connectivity index (χ3n) is 3.66. The van der Waals surface area contributed by atoms with Crippen molar-refractivity contribution in [2.45, 2.75) is 13.5 Å². The number of benzene rings is 1. The van der Waals surface area contributed by atoms with Crippen molar-refractivity contribution < 1.29 is 0 Å². The summed E-state index contributed by atoms with van der Waals surface area (Å²) in [6.45, 7) is 7.34. The van der Waals surface area contributed by atoms with Crippen LogP contribution in [0.2, 0.25) is 0 Å². The number of aliphatic imine (C=N–C) groups is 1. The maximum absolute atomic E-state index is 4.11. The number of piperazine rings is 1. The number of amidine groups is 1. The molecule has 1 saturated heterocycles. The normalized spacial score (nSPS) is 17.6. The SMILES string of the molecule is CN=C(C)NCc1cccc(N2CCN(C)CC2)c1. The molecule has 0 aromatic heterocycles. The molecule has 4 nitrogen and oxygen atoms in total. The van der Waals surface area contributed by atoms with E-state index in [4.69, 9.17) is 0 Å². The lowest BCUT2D eigenvalue weighted by molar-refractivity contribution is 0.313. The van der Waals surface area contributed by atoms with E-state index in [2.05, 4.69) is 51.4 Å². The third-order valence-corrected chi connectivity index (χ3v) is 3.66. The summed E-state index contributed by atoms with van der Waals surface area (Å²) < 4.78 is 0. The topological polar surface area (TPSA) is 30.9 Å². The molecule has 1 fully saturated rings. The van der Waals surface area contributed by atoms with Gasteiger partial charge < -0.3 is 15.1 Å². The van der Waals surface area contributed by atoms with Crippen molar-refractivity contribution in [2.75, 3.05) is 45.2 Å². The van der Waals surface area contributed by atoms with Crippen molar-refractivity contribution in [3.8, 4) is 0 Å². The highest BCUT2D eigenvalue weighted by Crippen LogP contribution is 2.17. The number of hydrogen-bond donors (Lipinski definition) is 1. The van der Waals surface area contributed by atoms with Crippen LogP contribution in [0.1, 0.15) is 12.5 Å². The Kier molecular flexibility index (Phi) is 4.80. The number of nitrogens with one attached hydrogen (secondary N) is 1. The number of rotatable bonds is 3. The molecule has 19 heavy (non-hydrogen) atoms. The minimum absolute atomic E-state index is 0.838. The fraction of sp³-hybridized carbons (Fsp3) is 0.533. The fourth-order valence-electron chi connectivity index (χ4n) is 2.24.